The SMILES string of the molecule is C=CCCCCCN(C)C(=NC)NCC(C)(C)C(=O)NCC. The van der Waals surface area contributed by atoms with E-state index in [9.17, 15) is 4.79 Å². The fraction of sp³-hybridized carbons (Fsp3) is 0.765. The average Bonchev–Trinajstić information content (AvgIpc) is 2.47. The van der Waals surface area contributed by atoms with Gasteiger partial charge in [0.1, 0.15) is 0 Å². The van der Waals surface area contributed by atoms with Gasteiger partial charge in [-0.15, -0.1) is 6.58 Å². The third kappa shape index (κ3) is 8.05. The number of guanidine groups is 1. The van der Waals surface area contributed by atoms with E-state index in [4.69, 9.17) is 0 Å². The van der Waals surface area contributed by atoms with Crippen LogP contribution in [0.15, 0.2) is 17.6 Å². The van der Waals surface area contributed by atoms with Crippen LogP contribution in [0.1, 0.15) is 46.5 Å². The maximum atomic E-state index is 12.0. The van der Waals surface area contributed by atoms with E-state index < -0.39 is 5.41 Å². The number of hydrogen-bond donors (Lipinski definition) is 2. The highest BCUT2D eigenvalue weighted by molar-refractivity contribution is 5.84. The number of carbonyl (C=O) groups excluding carboxylic acids is 1. The normalized spacial score (nSPS) is 12.0. The fourth-order valence-electron chi connectivity index (χ4n) is 2.09. The van der Waals surface area contributed by atoms with Gasteiger partial charge >= 0.3 is 0 Å². The largest absolute Gasteiger partial charge is 0.356 e. The molecule has 0 aromatic rings. The Labute approximate surface area is 136 Å². The molecule has 0 saturated heterocycles. The number of nitrogens with zero attached hydrogens (tertiary/aromatic N) is 2. The van der Waals surface area contributed by atoms with Gasteiger partial charge in [-0.1, -0.05) is 12.5 Å². The number of hydrogen-bond acceptors (Lipinski definition) is 2. The second kappa shape index (κ2) is 11.1. The molecule has 0 bridgehead atoms. The minimum atomic E-state index is -0.462. The number of unbranched alkanes of at least 4 members (excludes halogenated alkanes) is 3. The monoisotopic (exact) mass is 310 g/mol. The zero-order valence-electron chi connectivity index (χ0n) is 15.0. The Kier molecular flexibility index (Phi) is 10.3. The first-order chi connectivity index (χ1) is 10.4. The van der Waals surface area contributed by atoms with E-state index in [1.54, 1.807) is 7.05 Å². The molecule has 0 unspecified atom stereocenters. The Morgan fingerprint density at radius 3 is 2.50 bits per heavy atom. The standard InChI is InChI=1S/C17H34N4O/c1-7-9-10-11-12-13-21(6)16(18-5)20-14-17(3,4)15(22)19-8-2/h7H,1,8-14H2,2-6H3,(H,18,20)(H,19,22). The van der Waals surface area contributed by atoms with Crippen molar-refractivity contribution in [2.45, 2.75) is 46.5 Å². The molecule has 0 aromatic carbocycles. The summed E-state index contributed by atoms with van der Waals surface area (Å²) in [5.74, 6) is 0.895. The first-order valence-corrected chi connectivity index (χ1v) is 8.20. The minimum absolute atomic E-state index is 0.0602. The number of rotatable bonds is 10. The van der Waals surface area contributed by atoms with Crippen LogP contribution < -0.4 is 10.6 Å². The summed E-state index contributed by atoms with van der Waals surface area (Å²) in [7, 11) is 3.80. The van der Waals surface area contributed by atoms with Crippen molar-refractivity contribution in [3.05, 3.63) is 12.7 Å². The lowest BCUT2D eigenvalue weighted by Crippen LogP contribution is -2.48. The molecule has 0 atom stereocenters. The van der Waals surface area contributed by atoms with Crippen molar-refractivity contribution < 1.29 is 4.79 Å². The first-order valence-electron chi connectivity index (χ1n) is 8.20. The quantitative estimate of drug-likeness (QED) is 0.282. The average molecular weight is 310 g/mol. The van der Waals surface area contributed by atoms with Crippen molar-refractivity contribution in [3.8, 4) is 0 Å². The summed E-state index contributed by atoms with van der Waals surface area (Å²) in [6, 6.07) is 0. The van der Waals surface area contributed by atoms with E-state index in [-0.39, 0.29) is 5.91 Å². The Morgan fingerprint density at radius 2 is 1.95 bits per heavy atom. The van der Waals surface area contributed by atoms with Crippen molar-refractivity contribution in [2.24, 2.45) is 10.4 Å². The molecular weight excluding hydrogens is 276 g/mol. The number of carbonyl (C=O) groups is 1. The van der Waals surface area contributed by atoms with Crippen molar-refractivity contribution in [1.82, 2.24) is 15.5 Å². The van der Waals surface area contributed by atoms with Gasteiger partial charge in [-0.3, -0.25) is 9.79 Å². The topological polar surface area (TPSA) is 56.7 Å². The van der Waals surface area contributed by atoms with Gasteiger partial charge in [0.2, 0.25) is 5.91 Å². The molecule has 0 fully saturated rings. The highest BCUT2D eigenvalue weighted by atomic mass is 16.2. The summed E-state index contributed by atoms with van der Waals surface area (Å²) in [6.45, 7) is 11.7. The van der Waals surface area contributed by atoms with Gasteiger partial charge in [-0.05, 0) is 40.0 Å². The summed E-state index contributed by atoms with van der Waals surface area (Å²) >= 11 is 0. The lowest BCUT2D eigenvalue weighted by Gasteiger charge is -2.28. The molecule has 0 aliphatic carbocycles. The van der Waals surface area contributed by atoms with Gasteiger partial charge in [0.05, 0.1) is 5.41 Å². The molecule has 0 rings (SSSR count). The van der Waals surface area contributed by atoms with E-state index in [1.807, 2.05) is 33.9 Å². The summed E-state index contributed by atoms with van der Waals surface area (Å²) in [4.78, 5) is 18.4. The lowest BCUT2D eigenvalue weighted by molar-refractivity contribution is -0.128. The van der Waals surface area contributed by atoms with Crippen molar-refractivity contribution in [1.29, 1.82) is 0 Å². The zero-order valence-corrected chi connectivity index (χ0v) is 15.0. The van der Waals surface area contributed by atoms with E-state index in [0.29, 0.717) is 13.1 Å². The van der Waals surface area contributed by atoms with E-state index in [1.165, 1.54) is 12.8 Å². The Morgan fingerprint density at radius 1 is 1.27 bits per heavy atom. The van der Waals surface area contributed by atoms with Crippen LogP contribution in [0.2, 0.25) is 0 Å². The molecule has 0 radical (unpaired) electrons. The van der Waals surface area contributed by atoms with Gasteiger partial charge in [0.25, 0.3) is 0 Å². The molecular formula is C17H34N4O. The van der Waals surface area contributed by atoms with Gasteiger partial charge < -0.3 is 15.5 Å². The third-order valence-corrected chi connectivity index (χ3v) is 3.62. The van der Waals surface area contributed by atoms with Crippen LogP contribution >= 0.6 is 0 Å². The zero-order chi connectivity index (χ0) is 17.0. The fourth-order valence-corrected chi connectivity index (χ4v) is 2.09. The van der Waals surface area contributed by atoms with E-state index in [0.717, 1.165) is 25.3 Å². The molecule has 0 aliphatic heterocycles. The highest BCUT2D eigenvalue weighted by Crippen LogP contribution is 2.13. The molecule has 0 heterocycles. The predicted octanol–water partition coefficient (Wildman–Crippen LogP) is 2.40. The van der Waals surface area contributed by atoms with Crippen molar-refractivity contribution in [2.75, 3.05) is 33.7 Å². The van der Waals surface area contributed by atoms with Crippen molar-refractivity contribution >= 4 is 11.9 Å². The molecule has 1 amide bonds. The molecule has 0 aromatic heterocycles. The van der Waals surface area contributed by atoms with Crippen LogP contribution in [0.5, 0.6) is 0 Å². The number of amides is 1. The van der Waals surface area contributed by atoms with Crippen LogP contribution in [-0.2, 0) is 4.79 Å². The summed E-state index contributed by atoms with van der Waals surface area (Å²) in [5.41, 5.74) is -0.462. The van der Waals surface area contributed by atoms with Gasteiger partial charge in [-0.2, -0.15) is 0 Å². The molecule has 0 saturated carbocycles. The smallest absolute Gasteiger partial charge is 0.227 e. The van der Waals surface area contributed by atoms with Crippen LogP contribution in [0.3, 0.4) is 0 Å². The molecule has 0 aliphatic rings. The van der Waals surface area contributed by atoms with Gasteiger partial charge in [0, 0.05) is 33.7 Å². The third-order valence-electron chi connectivity index (χ3n) is 3.62. The van der Waals surface area contributed by atoms with Crippen LogP contribution in [0, 0.1) is 5.41 Å². The van der Waals surface area contributed by atoms with Crippen LogP contribution in [0.25, 0.3) is 0 Å². The predicted molar refractivity (Wildman–Crippen MR) is 95.1 cm³/mol. The van der Waals surface area contributed by atoms with E-state index in [2.05, 4.69) is 27.1 Å². The molecule has 128 valence electrons. The number of aliphatic imine (C=N–C) groups is 1. The Balaban J connectivity index is 4.25. The van der Waals surface area contributed by atoms with Crippen LogP contribution in [-0.4, -0.2) is 50.5 Å². The maximum absolute atomic E-state index is 12.0. The number of allylic oxidation sites excluding steroid dienone is 1. The molecule has 5 heteroatoms. The highest BCUT2D eigenvalue weighted by Gasteiger charge is 2.27. The summed E-state index contributed by atoms with van der Waals surface area (Å²) < 4.78 is 0. The lowest BCUT2D eigenvalue weighted by atomic mass is 9.92. The summed E-state index contributed by atoms with van der Waals surface area (Å²) in [5, 5.41) is 6.17. The van der Waals surface area contributed by atoms with E-state index >= 15 is 0 Å². The van der Waals surface area contributed by atoms with Gasteiger partial charge in [-0.25, -0.2) is 0 Å². The second-order valence-corrected chi connectivity index (χ2v) is 6.20. The molecule has 5 nitrogen and oxygen atoms in total. The molecule has 22 heavy (non-hydrogen) atoms. The maximum Gasteiger partial charge on any atom is 0.227 e. The Hall–Kier alpha value is -1.52. The van der Waals surface area contributed by atoms with Gasteiger partial charge in [0.15, 0.2) is 5.96 Å². The second-order valence-electron chi connectivity index (χ2n) is 6.20. The first kappa shape index (κ1) is 20.5. The van der Waals surface area contributed by atoms with Crippen LogP contribution in [0.4, 0.5) is 0 Å². The minimum Gasteiger partial charge on any atom is -0.356 e. The molecule has 2 N–H and O–H groups in total. The Bertz CT molecular complexity index is 364. The molecule has 0 spiro atoms. The van der Waals surface area contributed by atoms with Crippen molar-refractivity contribution in [3.63, 3.8) is 0 Å². The number of nitrogens with one attached hydrogen (secondary N) is 2. The summed E-state index contributed by atoms with van der Waals surface area (Å²) in [6.07, 6.45) is 6.56.